The lowest BCUT2D eigenvalue weighted by molar-refractivity contribution is 0.0765. The van der Waals surface area contributed by atoms with E-state index < -0.39 is 0 Å². The molecule has 0 bridgehead atoms. The Balaban J connectivity index is 1.51. The molecule has 0 aliphatic carbocycles. The van der Waals surface area contributed by atoms with Gasteiger partial charge in [-0.2, -0.15) is 5.10 Å². The Kier molecular flexibility index (Phi) is 5.04. The molecule has 0 saturated carbocycles. The second-order valence-electron chi connectivity index (χ2n) is 6.35. The third-order valence-corrected chi connectivity index (χ3v) is 4.70. The zero-order valence-electron chi connectivity index (χ0n) is 14.0. The molecule has 3 rings (SSSR count). The van der Waals surface area contributed by atoms with E-state index in [0.29, 0.717) is 16.5 Å². The van der Waals surface area contributed by atoms with Gasteiger partial charge in [0.15, 0.2) is 0 Å². The van der Waals surface area contributed by atoms with E-state index in [0.717, 1.165) is 38.3 Å². The number of hydrogen-bond donors (Lipinski definition) is 0. The van der Waals surface area contributed by atoms with E-state index in [1.165, 1.54) is 0 Å². The topological polar surface area (TPSA) is 54.3 Å². The summed E-state index contributed by atoms with van der Waals surface area (Å²) in [5, 5.41) is 4.72. The monoisotopic (exact) mass is 347 g/mol. The Morgan fingerprint density at radius 3 is 2.67 bits per heavy atom. The van der Waals surface area contributed by atoms with Crippen molar-refractivity contribution in [1.29, 1.82) is 0 Å². The molecule has 2 aromatic heterocycles. The van der Waals surface area contributed by atoms with Crippen LogP contribution in [0.1, 0.15) is 23.2 Å². The molecule has 1 saturated heterocycles. The lowest BCUT2D eigenvalue weighted by Gasteiger charge is -2.34. The molecule has 0 spiro atoms. The average molecular weight is 348 g/mol. The van der Waals surface area contributed by atoms with E-state index in [1.54, 1.807) is 28.2 Å². The number of aryl methyl sites for hydroxylation is 1. The highest BCUT2D eigenvalue weighted by molar-refractivity contribution is 6.30. The van der Waals surface area contributed by atoms with Crippen LogP contribution in [-0.2, 0) is 7.05 Å². The first kappa shape index (κ1) is 16.8. The van der Waals surface area contributed by atoms with Gasteiger partial charge >= 0.3 is 0 Å². The Bertz CT molecular complexity index is 691. The maximum Gasteiger partial charge on any atom is 0.256 e. The van der Waals surface area contributed by atoms with Crippen molar-refractivity contribution in [3.63, 3.8) is 0 Å². The molecule has 1 aliphatic rings. The van der Waals surface area contributed by atoms with Crippen LogP contribution in [0.3, 0.4) is 0 Å². The molecule has 1 aliphatic heterocycles. The molecule has 0 atom stereocenters. The summed E-state index contributed by atoms with van der Waals surface area (Å²) < 4.78 is 1.65. The first-order valence-corrected chi connectivity index (χ1v) is 8.51. The maximum atomic E-state index is 12.4. The van der Waals surface area contributed by atoms with Gasteiger partial charge in [-0.05, 0) is 30.9 Å². The second kappa shape index (κ2) is 7.21. The minimum absolute atomic E-state index is 0.0323. The van der Waals surface area contributed by atoms with Crippen molar-refractivity contribution in [2.45, 2.75) is 12.8 Å². The largest absolute Gasteiger partial charge is 0.357 e. The Morgan fingerprint density at radius 1 is 1.33 bits per heavy atom. The summed E-state index contributed by atoms with van der Waals surface area (Å²) in [5.41, 5.74) is 0.641. The number of amides is 1. The van der Waals surface area contributed by atoms with Crippen LogP contribution < -0.4 is 4.90 Å². The molecule has 2 aromatic rings. The molecule has 1 amide bonds. The summed E-state index contributed by atoms with van der Waals surface area (Å²) in [6.45, 7) is 2.68. The van der Waals surface area contributed by atoms with E-state index in [2.05, 4.69) is 15.0 Å². The van der Waals surface area contributed by atoms with Crippen LogP contribution in [-0.4, -0.2) is 52.3 Å². The van der Waals surface area contributed by atoms with Gasteiger partial charge < -0.3 is 9.80 Å². The van der Waals surface area contributed by atoms with Crippen LogP contribution in [0.25, 0.3) is 0 Å². The maximum absolute atomic E-state index is 12.4. The minimum Gasteiger partial charge on any atom is -0.357 e. The first-order valence-electron chi connectivity index (χ1n) is 8.13. The Hall–Kier alpha value is -2.08. The van der Waals surface area contributed by atoms with E-state index in [-0.39, 0.29) is 5.91 Å². The average Bonchev–Trinajstić information content (AvgIpc) is 3.02. The number of carbonyl (C=O) groups is 1. The zero-order chi connectivity index (χ0) is 17.1. The van der Waals surface area contributed by atoms with Gasteiger partial charge in [0.05, 0.1) is 16.8 Å². The molecular formula is C17H22ClN5O. The fraction of sp³-hybridized carbons (Fsp3) is 0.471. The zero-order valence-corrected chi connectivity index (χ0v) is 14.8. The molecule has 0 N–H and O–H groups in total. The normalized spacial score (nSPS) is 15.5. The Labute approximate surface area is 147 Å². The summed E-state index contributed by atoms with van der Waals surface area (Å²) in [4.78, 5) is 20.8. The number of halogens is 1. The quantitative estimate of drug-likeness (QED) is 0.852. The molecule has 6 nitrogen and oxygen atoms in total. The van der Waals surface area contributed by atoms with Crippen molar-refractivity contribution < 1.29 is 4.79 Å². The Morgan fingerprint density at radius 2 is 2.08 bits per heavy atom. The lowest BCUT2D eigenvalue weighted by Crippen LogP contribution is -2.39. The van der Waals surface area contributed by atoms with Crippen LogP contribution >= 0.6 is 11.6 Å². The minimum atomic E-state index is 0.0323. The van der Waals surface area contributed by atoms with Crippen molar-refractivity contribution in [2.75, 3.05) is 31.6 Å². The van der Waals surface area contributed by atoms with Gasteiger partial charge in [-0.3, -0.25) is 9.48 Å². The fourth-order valence-electron chi connectivity index (χ4n) is 3.12. The van der Waals surface area contributed by atoms with Crippen molar-refractivity contribution >= 4 is 23.3 Å². The van der Waals surface area contributed by atoms with E-state index in [9.17, 15) is 4.79 Å². The summed E-state index contributed by atoms with van der Waals surface area (Å²) >= 11 is 5.89. The molecule has 1 fully saturated rings. The number of anilines is 1. The van der Waals surface area contributed by atoms with Crippen LogP contribution in [0.15, 0.2) is 30.7 Å². The molecule has 0 unspecified atom stereocenters. The first-order chi connectivity index (χ1) is 11.5. The predicted octanol–water partition coefficient (Wildman–Crippen LogP) is 2.46. The molecule has 0 aromatic carbocycles. The summed E-state index contributed by atoms with van der Waals surface area (Å²) in [5.74, 6) is 1.52. The van der Waals surface area contributed by atoms with Gasteiger partial charge in [0.2, 0.25) is 0 Å². The van der Waals surface area contributed by atoms with Crippen molar-refractivity contribution in [3.8, 4) is 0 Å². The highest BCUT2D eigenvalue weighted by atomic mass is 35.5. The van der Waals surface area contributed by atoms with Gasteiger partial charge in [-0.25, -0.2) is 4.98 Å². The lowest BCUT2D eigenvalue weighted by atomic mass is 9.96. The van der Waals surface area contributed by atoms with Gasteiger partial charge in [0.25, 0.3) is 5.91 Å². The summed E-state index contributed by atoms with van der Waals surface area (Å²) in [6, 6.07) is 3.83. The summed E-state index contributed by atoms with van der Waals surface area (Å²) in [6.07, 6.45) is 7.16. The third-order valence-electron chi connectivity index (χ3n) is 4.48. The molecule has 7 heteroatoms. The van der Waals surface area contributed by atoms with Gasteiger partial charge in [0, 0.05) is 46.1 Å². The van der Waals surface area contributed by atoms with E-state index in [1.807, 2.05) is 26.2 Å². The fourth-order valence-corrected chi connectivity index (χ4v) is 3.23. The van der Waals surface area contributed by atoms with Crippen molar-refractivity contribution in [3.05, 3.63) is 41.3 Å². The van der Waals surface area contributed by atoms with E-state index in [4.69, 9.17) is 11.6 Å². The molecular weight excluding hydrogens is 326 g/mol. The number of carbonyl (C=O) groups excluding carboxylic acids is 1. The summed E-state index contributed by atoms with van der Waals surface area (Å²) in [7, 11) is 3.68. The van der Waals surface area contributed by atoms with Crippen LogP contribution in [0.5, 0.6) is 0 Å². The van der Waals surface area contributed by atoms with Crippen LogP contribution in [0.2, 0.25) is 5.02 Å². The van der Waals surface area contributed by atoms with Crippen molar-refractivity contribution in [1.82, 2.24) is 19.7 Å². The van der Waals surface area contributed by atoms with Crippen LogP contribution in [0, 0.1) is 5.92 Å². The van der Waals surface area contributed by atoms with Crippen molar-refractivity contribution in [2.24, 2.45) is 13.0 Å². The molecule has 0 radical (unpaired) electrons. The van der Waals surface area contributed by atoms with Gasteiger partial charge in [0.1, 0.15) is 5.82 Å². The number of pyridine rings is 1. The molecule has 3 heterocycles. The van der Waals surface area contributed by atoms with Crippen LogP contribution in [0.4, 0.5) is 5.82 Å². The third kappa shape index (κ3) is 3.87. The van der Waals surface area contributed by atoms with E-state index >= 15 is 0 Å². The smallest absolute Gasteiger partial charge is 0.256 e. The number of piperidine rings is 1. The SMILES string of the molecule is CN(CC1CCN(c2ccc(Cl)cn2)CC1)C(=O)c1cnn(C)c1. The molecule has 128 valence electrons. The number of nitrogens with zero attached hydrogens (tertiary/aromatic N) is 5. The number of aromatic nitrogens is 3. The predicted molar refractivity (Wildman–Crippen MR) is 94.4 cm³/mol. The van der Waals surface area contributed by atoms with Gasteiger partial charge in [-0.15, -0.1) is 0 Å². The van der Waals surface area contributed by atoms with Gasteiger partial charge in [-0.1, -0.05) is 11.6 Å². The standard InChI is InChI=1S/C17H22ClN5O/c1-21(17(24)14-9-20-22(2)12-14)11-13-5-7-23(8-6-13)16-4-3-15(18)10-19-16/h3-4,9-10,12-13H,5-8,11H2,1-2H3. The molecule has 24 heavy (non-hydrogen) atoms. The highest BCUT2D eigenvalue weighted by Gasteiger charge is 2.23. The second-order valence-corrected chi connectivity index (χ2v) is 6.79. The number of rotatable bonds is 4. The number of hydrogen-bond acceptors (Lipinski definition) is 4. The highest BCUT2D eigenvalue weighted by Crippen LogP contribution is 2.23.